The molecule has 1 saturated carbocycles. The fraction of sp³-hybridized carbons (Fsp3) is 0.350. The average Bonchev–Trinajstić information content (AvgIpc) is 3.26. The molecule has 27 heavy (non-hydrogen) atoms. The molecule has 3 heterocycles. The second-order valence-corrected chi connectivity index (χ2v) is 6.19. The van der Waals surface area contributed by atoms with Crippen LogP contribution in [0.4, 0.5) is 0 Å². The van der Waals surface area contributed by atoms with Crippen LogP contribution in [0.5, 0.6) is 5.75 Å². The number of ether oxygens (including phenoxy) is 1. The predicted octanol–water partition coefficient (Wildman–Crippen LogP) is 3.45. The third-order valence-corrected chi connectivity index (χ3v) is 4.40. The molecular weight excluding hydrogens is 417 g/mol. The number of fused-ring (bicyclic) bond motifs is 1. The molecule has 0 aromatic carbocycles. The number of nitrogens with zero attached hydrogens (tertiary/aromatic N) is 4. The van der Waals surface area contributed by atoms with Crippen LogP contribution in [0.3, 0.4) is 0 Å². The Balaban J connectivity index is 0.000000844. The summed E-state index contributed by atoms with van der Waals surface area (Å²) >= 11 is 0. The summed E-state index contributed by atoms with van der Waals surface area (Å²) in [5.41, 5.74) is 1.74. The molecule has 7 heteroatoms. The first kappa shape index (κ1) is 21.6. The molecular formula is C20H23N4O2Y-. The molecule has 3 aromatic heterocycles. The Morgan fingerprint density at radius 1 is 1.22 bits per heavy atom. The molecule has 4 rings (SSSR count). The number of methoxy groups -OCH3 is 1. The van der Waals surface area contributed by atoms with Gasteiger partial charge in [0.2, 0.25) is 0 Å². The topological polar surface area (TPSA) is 69.4 Å². The molecule has 0 bridgehead atoms. The number of carbonyl (C=O) groups excluding carboxylic acids is 1. The first-order chi connectivity index (χ1) is 12.6. The molecule has 1 fully saturated rings. The molecule has 1 radical (unpaired) electrons. The van der Waals surface area contributed by atoms with Gasteiger partial charge in [-0.15, -0.1) is 0 Å². The van der Waals surface area contributed by atoms with Gasteiger partial charge in [-0.1, -0.05) is 32.1 Å². The monoisotopic (exact) mass is 440 g/mol. The van der Waals surface area contributed by atoms with Crippen molar-refractivity contribution < 1.29 is 42.2 Å². The van der Waals surface area contributed by atoms with E-state index in [4.69, 9.17) is 4.74 Å². The summed E-state index contributed by atoms with van der Waals surface area (Å²) in [6.45, 7) is 8.17. The van der Waals surface area contributed by atoms with E-state index in [1.54, 1.807) is 36.2 Å². The van der Waals surface area contributed by atoms with Gasteiger partial charge in [-0.05, 0) is 29.8 Å². The number of rotatable bonds is 5. The van der Waals surface area contributed by atoms with Gasteiger partial charge in [-0.3, -0.25) is 9.78 Å². The van der Waals surface area contributed by atoms with Gasteiger partial charge in [-0.25, -0.2) is 9.50 Å². The maximum absolute atomic E-state index is 12.7. The standard InChI is InChI=1S/C18H17N4O2.C2H6.Y/c1-18(7-8-18)17-20-16-15(24-2)4-3-13(22(16)21-17)14(23)11-12-5-9-19-10-6-12;1-2;/h3-6,9-10H,1,7-8,11H2,2H3;1-2H3;/q-1;;. The Bertz CT molecular complexity index is 920. The quantitative estimate of drug-likeness (QED) is 0.449. The van der Waals surface area contributed by atoms with Crippen LogP contribution in [-0.4, -0.2) is 32.5 Å². The fourth-order valence-electron chi connectivity index (χ4n) is 2.69. The number of Topliss-reactive ketones (excluding diaryl/α,β-unsaturated/α-hetero) is 1. The van der Waals surface area contributed by atoms with E-state index in [9.17, 15) is 4.79 Å². The van der Waals surface area contributed by atoms with Crippen molar-refractivity contribution >= 4 is 11.4 Å². The number of carbonyl (C=O) groups is 1. The Labute approximate surface area is 184 Å². The normalized spacial score (nSPS) is 13.9. The molecule has 0 aliphatic heterocycles. The molecule has 0 spiro atoms. The fourth-order valence-corrected chi connectivity index (χ4v) is 2.69. The second-order valence-electron chi connectivity index (χ2n) is 6.19. The number of aromatic nitrogens is 4. The van der Waals surface area contributed by atoms with Crippen molar-refractivity contribution in [1.82, 2.24) is 19.6 Å². The van der Waals surface area contributed by atoms with Crippen molar-refractivity contribution in [3.8, 4) is 5.75 Å². The van der Waals surface area contributed by atoms with Crippen molar-refractivity contribution in [3.63, 3.8) is 0 Å². The van der Waals surface area contributed by atoms with Gasteiger partial charge in [0.15, 0.2) is 17.2 Å². The van der Waals surface area contributed by atoms with Crippen molar-refractivity contribution in [1.29, 1.82) is 0 Å². The molecule has 0 atom stereocenters. The molecule has 3 aromatic rings. The van der Waals surface area contributed by atoms with E-state index in [0.29, 0.717) is 22.9 Å². The van der Waals surface area contributed by atoms with E-state index in [1.165, 1.54) is 0 Å². The summed E-state index contributed by atoms with van der Waals surface area (Å²) in [6, 6.07) is 7.16. The van der Waals surface area contributed by atoms with Crippen LogP contribution < -0.4 is 4.74 Å². The first-order valence-corrected chi connectivity index (χ1v) is 8.82. The zero-order chi connectivity index (χ0) is 18.7. The molecule has 0 saturated heterocycles. The molecule has 1 aliphatic rings. The third kappa shape index (κ3) is 4.44. The van der Waals surface area contributed by atoms with Gasteiger partial charge in [0.25, 0.3) is 0 Å². The van der Waals surface area contributed by atoms with Gasteiger partial charge in [0.1, 0.15) is 11.5 Å². The third-order valence-electron chi connectivity index (χ3n) is 4.40. The zero-order valence-corrected chi connectivity index (χ0v) is 18.8. The minimum Gasteiger partial charge on any atom is -0.493 e. The average molecular weight is 440 g/mol. The van der Waals surface area contributed by atoms with Crippen LogP contribution in [0.25, 0.3) is 5.65 Å². The van der Waals surface area contributed by atoms with Crippen molar-refractivity contribution in [3.05, 3.63) is 60.7 Å². The zero-order valence-electron chi connectivity index (χ0n) is 16.0. The predicted molar refractivity (Wildman–Crippen MR) is 99.4 cm³/mol. The Kier molecular flexibility index (Phi) is 7.23. The van der Waals surface area contributed by atoms with Gasteiger partial charge >= 0.3 is 0 Å². The molecule has 0 amide bonds. The van der Waals surface area contributed by atoms with Crippen molar-refractivity contribution in [2.24, 2.45) is 0 Å². The van der Waals surface area contributed by atoms with Crippen LogP contribution >= 0.6 is 0 Å². The Morgan fingerprint density at radius 3 is 2.48 bits per heavy atom. The SMILES string of the molecule is CC.[CH2-]C1(c2nc3c(OC)ccc(C(=O)Cc4ccncc4)n3n2)CC1.[Y]. The number of hydrogen-bond acceptors (Lipinski definition) is 5. The minimum absolute atomic E-state index is 0. The molecule has 139 valence electrons. The van der Waals surface area contributed by atoms with Crippen LogP contribution in [-0.2, 0) is 44.5 Å². The number of pyridine rings is 2. The number of ketones is 1. The van der Waals surface area contributed by atoms with E-state index in [0.717, 1.165) is 18.4 Å². The van der Waals surface area contributed by atoms with E-state index in [-0.39, 0.29) is 50.3 Å². The summed E-state index contributed by atoms with van der Waals surface area (Å²) in [7, 11) is 1.58. The maximum Gasteiger partial charge on any atom is 0.198 e. The summed E-state index contributed by atoms with van der Waals surface area (Å²) in [5.74, 6) is 1.24. The van der Waals surface area contributed by atoms with Crippen molar-refractivity contribution in [2.75, 3.05) is 7.11 Å². The van der Waals surface area contributed by atoms with Gasteiger partial charge in [0, 0.05) is 51.5 Å². The van der Waals surface area contributed by atoms with Crippen molar-refractivity contribution in [2.45, 2.75) is 38.5 Å². The number of hydrogen-bond donors (Lipinski definition) is 0. The Hall–Kier alpha value is -1.66. The summed E-state index contributed by atoms with van der Waals surface area (Å²) in [5, 5.41) is 4.55. The second kappa shape index (κ2) is 9.02. The molecule has 6 nitrogen and oxygen atoms in total. The van der Waals surface area contributed by atoms with Gasteiger partial charge in [-0.2, -0.15) is 5.10 Å². The summed E-state index contributed by atoms with van der Waals surface area (Å²) < 4.78 is 6.95. The first-order valence-electron chi connectivity index (χ1n) is 8.82. The Morgan fingerprint density at radius 2 is 1.89 bits per heavy atom. The van der Waals surface area contributed by atoms with Crippen LogP contribution in [0.15, 0.2) is 36.7 Å². The summed E-state index contributed by atoms with van der Waals surface area (Å²) in [6.07, 6.45) is 5.58. The van der Waals surface area contributed by atoms with Crippen LogP contribution in [0.1, 0.15) is 48.6 Å². The van der Waals surface area contributed by atoms with E-state index >= 15 is 0 Å². The molecule has 1 aliphatic carbocycles. The van der Waals surface area contributed by atoms with Gasteiger partial charge in [0.05, 0.1) is 7.11 Å². The van der Waals surface area contributed by atoms with E-state index in [2.05, 4.69) is 22.0 Å². The van der Waals surface area contributed by atoms with E-state index in [1.807, 2.05) is 26.0 Å². The molecule has 0 N–H and O–H groups in total. The largest absolute Gasteiger partial charge is 0.493 e. The summed E-state index contributed by atoms with van der Waals surface area (Å²) in [4.78, 5) is 21.3. The van der Waals surface area contributed by atoms with Crippen LogP contribution in [0.2, 0.25) is 0 Å². The smallest absolute Gasteiger partial charge is 0.198 e. The van der Waals surface area contributed by atoms with E-state index < -0.39 is 0 Å². The van der Waals surface area contributed by atoms with Crippen LogP contribution in [0, 0.1) is 6.92 Å². The minimum atomic E-state index is -0.220. The maximum atomic E-state index is 12.7. The molecule has 0 unspecified atom stereocenters. The van der Waals surface area contributed by atoms with Gasteiger partial charge < -0.3 is 11.7 Å².